The van der Waals surface area contributed by atoms with Crippen molar-refractivity contribution in [1.82, 2.24) is 30.0 Å². The van der Waals surface area contributed by atoms with Crippen molar-refractivity contribution in [2.75, 3.05) is 43.9 Å². The predicted molar refractivity (Wildman–Crippen MR) is 127 cm³/mol. The summed E-state index contributed by atoms with van der Waals surface area (Å²) in [7, 11) is 2.16. The van der Waals surface area contributed by atoms with Crippen molar-refractivity contribution in [3.8, 4) is 0 Å². The second-order valence-corrected chi connectivity index (χ2v) is 9.26. The second kappa shape index (κ2) is 10.5. The highest BCUT2D eigenvalue weighted by Gasteiger charge is 2.24. The van der Waals surface area contributed by atoms with E-state index in [1.165, 1.54) is 6.42 Å². The Hall–Kier alpha value is -2.39. The molecule has 0 unspecified atom stereocenters. The lowest BCUT2D eigenvalue weighted by molar-refractivity contribution is -0.127. The minimum Gasteiger partial charge on any atom is -0.369 e. The van der Waals surface area contributed by atoms with Crippen molar-refractivity contribution in [1.29, 1.82) is 0 Å². The van der Waals surface area contributed by atoms with Crippen LogP contribution in [-0.2, 0) is 4.79 Å². The lowest BCUT2D eigenvalue weighted by atomic mass is 9.85. The first-order chi connectivity index (χ1) is 15.5. The maximum atomic E-state index is 11.9. The van der Waals surface area contributed by atoms with Crippen LogP contribution in [0.1, 0.15) is 50.3 Å². The van der Waals surface area contributed by atoms with E-state index in [0.717, 1.165) is 56.6 Å². The highest BCUT2D eigenvalue weighted by Crippen LogP contribution is 2.27. The number of hydrogen-bond donors (Lipinski definition) is 3. The maximum absolute atomic E-state index is 11.9. The largest absolute Gasteiger partial charge is 0.369 e. The molecule has 0 atom stereocenters. The van der Waals surface area contributed by atoms with E-state index in [2.05, 4.69) is 42.5 Å². The van der Waals surface area contributed by atoms with E-state index in [0.29, 0.717) is 35.9 Å². The Morgan fingerprint density at radius 1 is 1.22 bits per heavy atom. The van der Waals surface area contributed by atoms with Gasteiger partial charge in [-0.05, 0) is 59.2 Å². The van der Waals surface area contributed by atoms with Gasteiger partial charge in [-0.2, -0.15) is 10.1 Å². The smallest absolute Gasteiger partial charge is 0.229 e. The van der Waals surface area contributed by atoms with Crippen molar-refractivity contribution in [3.05, 3.63) is 23.1 Å². The Bertz CT molecular complexity index is 921. The molecule has 174 valence electrons. The fourth-order valence-corrected chi connectivity index (χ4v) is 4.20. The summed E-state index contributed by atoms with van der Waals surface area (Å²) in [5, 5.41) is 14.7. The van der Waals surface area contributed by atoms with Gasteiger partial charge in [0.05, 0.1) is 23.6 Å². The molecule has 1 aliphatic carbocycles. The number of halogens is 1. The van der Waals surface area contributed by atoms with E-state index in [1.54, 1.807) is 6.20 Å². The van der Waals surface area contributed by atoms with E-state index >= 15 is 0 Å². The average Bonchev–Trinajstić information content (AvgIpc) is 3.09. The van der Waals surface area contributed by atoms with Crippen LogP contribution in [0.5, 0.6) is 0 Å². The summed E-state index contributed by atoms with van der Waals surface area (Å²) in [6.07, 6.45) is 9.84. The van der Waals surface area contributed by atoms with Gasteiger partial charge in [0.25, 0.3) is 0 Å². The molecule has 32 heavy (non-hydrogen) atoms. The van der Waals surface area contributed by atoms with Crippen LogP contribution in [-0.4, -0.2) is 63.8 Å². The molecule has 2 aromatic rings. The van der Waals surface area contributed by atoms with Crippen LogP contribution in [0.2, 0.25) is 5.02 Å². The summed E-state index contributed by atoms with van der Waals surface area (Å²) in [4.78, 5) is 23.1. The molecule has 1 saturated carbocycles. The lowest BCUT2D eigenvalue weighted by Crippen LogP contribution is -2.35. The fraction of sp³-hybridized carbons (Fsp3) is 0.636. The van der Waals surface area contributed by atoms with Gasteiger partial charge in [-0.15, -0.1) is 0 Å². The summed E-state index contributed by atoms with van der Waals surface area (Å²) < 4.78 is 2.07. The Morgan fingerprint density at radius 3 is 2.72 bits per heavy atom. The number of nitrogens with zero attached hydrogens (tertiary/aromatic N) is 5. The predicted octanol–water partition coefficient (Wildman–Crippen LogP) is 3.36. The fourth-order valence-electron chi connectivity index (χ4n) is 4.04. The molecular weight excluding hydrogens is 428 g/mol. The number of aromatic nitrogens is 4. The van der Waals surface area contributed by atoms with E-state index in [4.69, 9.17) is 16.7 Å². The minimum absolute atomic E-state index is 0.180. The molecule has 1 amide bonds. The Labute approximate surface area is 194 Å². The minimum atomic E-state index is 0.180. The van der Waals surface area contributed by atoms with Gasteiger partial charge in [0.2, 0.25) is 11.9 Å². The van der Waals surface area contributed by atoms with Crippen LogP contribution in [0.15, 0.2) is 12.4 Å². The number of anilines is 3. The Balaban J connectivity index is 1.29. The standard InChI is InChI=1S/C22H33ClN8O/c1-15-19(14-31(29-15)17-7-11-30(2)12-8-17)27-22-26-13-18(23)20(28-22)24-9-4-10-25-21(32)16-5-3-6-16/h13-14,16-17H,3-12H2,1-2H3,(H,25,32)(H2,24,26,27,28). The number of aryl methyl sites for hydroxylation is 1. The van der Waals surface area contributed by atoms with Gasteiger partial charge < -0.3 is 20.9 Å². The second-order valence-electron chi connectivity index (χ2n) is 8.86. The zero-order valence-electron chi connectivity index (χ0n) is 18.9. The third-order valence-electron chi connectivity index (χ3n) is 6.39. The molecule has 9 nitrogen and oxygen atoms in total. The topological polar surface area (TPSA) is 100 Å². The third kappa shape index (κ3) is 5.69. The van der Waals surface area contributed by atoms with Crippen molar-refractivity contribution >= 4 is 35.0 Å². The maximum Gasteiger partial charge on any atom is 0.229 e. The monoisotopic (exact) mass is 460 g/mol. The summed E-state index contributed by atoms with van der Waals surface area (Å²) in [5.74, 6) is 1.45. The molecule has 2 aromatic heterocycles. The number of amides is 1. The number of carbonyl (C=O) groups excluding carboxylic acids is 1. The van der Waals surface area contributed by atoms with Crippen molar-refractivity contribution in [2.45, 2.75) is 51.5 Å². The van der Waals surface area contributed by atoms with Crippen LogP contribution in [0.3, 0.4) is 0 Å². The zero-order valence-corrected chi connectivity index (χ0v) is 19.7. The highest BCUT2D eigenvalue weighted by molar-refractivity contribution is 6.32. The van der Waals surface area contributed by atoms with E-state index in [9.17, 15) is 4.79 Å². The van der Waals surface area contributed by atoms with Gasteiger partial charge in [0, 0.05) is 25.2 Å². The summed E-state index contributed by atoms with van der Waals surface area (Å²) in [6.45, 7) is 5.47. The number of piperidine rings is 1. The molecule has 4 rings (SSSR count). The van der Waals surface area contributed by atoms with Crippen LogP contribution < -0.4 is 16.0 Å². The van der Waals surface area contributed by atoms with Gasteiger partial charge in [0.1, 0.15) is 10.8 Å². The molecule has 0 radical (unpaired) electrons. The van der Waals surface area contributed by atoms with Crippen LogP contribution >= 0.6 is 11.6 Å². The Morgan fingerprint density at radius 2 is 2.00 bits per heavy atom. The third-order valence-corrected chi connectivity index (χ3v) is 6.67. The first kappa shape index (κ1) is 22.8. The molecule has 3 heterocycles. The molecule has 3 N–H and O–H groups in total. The highest BCUT2D eigenvalue weighted by atomic mass is 35.5. The van der Waals surface area contributed by atoms with Crippen LogP contribution in [0.4, 0.5) is 17.5 Å². The van der Waals surface area contributed by atoms with Crippen molar-refractivity contribution in [2.24, 2.45) is 5.92 Å². The number of likely N-dealkylation sites (tertiary alicyclic amines) is 1. The molecular formula is C22H33ClN8O. The quantitative estimate of drug-likeness (QED) is 0.493. The van der Waals surface area contributed by atoms with Gasteiger partial charge in [-0.25, -0.2) is 4.98 Å². The van der Waals surface area contributed by atoms with E-state index in [1.807, 2.05) is 13.1 Å². The molecule has 0 bridgehead atoms. The number of rotatable bonds is 9. The van der Waals surface area contributed by atoms with Crippen LogP contribution in [0, 0.1) is 12.8 Å². The van der Waals surface area contributed by atoms with Gasteiger partial charge in [0.15, 0.2) is 0 Å². The number of hydrogen-bond acceptors (Lipinski definition) is 7. The molecule has 1 saturated heterocycles. The van der Waals surface area contributed by atoms with Crippen molar-refractivity contribution in [3.63, 3.8) is 0 Å². The van der Waals surface area contributed by atoms with Gasteiger partial charge in [-0.1, -0.05) is 18.0 Å². The van der Waals surface area contributed by atoms with E-state index < -0.39 is 0 Å². The summed E-state index contributed by atoms with van der Waals surface area (Å²) >= 11 is 6.27. The molecule has 10 heteroatoms. The molecule has 1 aliphatic heterocycles. The molecule has 2 fully saturated rings. The normalized spacial score (nSPS) is 17.7. The summed E-state index contributed by atoms with van der Waals surface area (Å²) in [5.41, 5.74) is 1.81. The zero-order chi connectivity index (χ0) is 22.5. The Kier molecular flexibility index (Phi) is 7.47. The van der Waals surface area contributed by atoms with Gasteiger partial charge >= 0.3 is 0 Å². The molecule has 2 aliphatic rings. The number of carbonyl (C=O) groups is 1. The molecule has 0 aromatic carbocycles. The average molecular weight is 461 g/mol. The van der Waals surface area contributed by atoms with Gasteiger partial charge in [-0.3, -0.25) is 9.48 Å². The number of nitrogens with one attached hydrogen (secondary N) is 3. The van der Waals surface area contributed by atoms with E-state index in [-0.39, 0.29) is 11.8 Å². The first-order valence-electron chi connectivity index (χ1n) is 11.5. The molecule has 0 spiro atoms. The van der Waals surface area contributed by atoms with Crippen LogP contribution in [0.25, 0.3) is 0 Å². The SMILES string of the molecule is Cc1nn(C2CCN(C)CC2)cc1Nc1ncc(Cl)c(NCCCNC(=O)C2CCC2)n1. The lowest BCUT2D eigenvalue weighted by Gasteiger charge is -2.28. The first-order valence-corrected chi connectivity index (χ1v) is 11.9. The summed E-state index contributed by atoms with van der Waals surface area (Å²) in [6, 6.07) is 0.425. The van der Waals surface area contributed by atoms with Crippen molar-refractivity contribution < 1.29 is 4.79 Å².